The van der Waals surface area contributed by atoms with Crippen LogP contribution in [0.25, 0.3) is 0 Å². The summed E-state index contributed by atoms with van der Waals surface area (Å²) in [5.74, 6) is 0. The van der Waals surface area contributed by atoms with Crippen molar-refractivity contribution < 1.29 is 4.79 Å². The molecule has 0 aliphatic carbocycles. The summed E-state index contributed by atoms with van der Waals surface area (Å²) in [7, 11) is 4.04. The summed E-state index contributed by atoms with van der Waals surface area (Å²) in [6, 6.07) is 2.13. The van der Waals surface area contributed by atoms with Gasteiger partial charge in [-0.25, -0.2) is 9.78 Å². The number of aryl methyl sites for hydroxylation is 2. The Kier molecular flexibility index (Phi) is 5.93. The molecule has 7 heteroatoms. The number of likely N-dealkylation sites (N-methyl/N-ethyl adjacent to an activating group) is 1. The number of hydrogen-bond acceptors (Lipinski definition) is 5. The Morgan fingerprint density at radius 2 is 2.14 bits per heavy atom. The SMILES string of the molecule is Cc1nc(C)c(CNC(=O)NC[C@H](c2ccsc2)N(C)C)s1. The van der Waals surface area contributed by atoms with Crippen LogP contribution in [0.15, 0.2) is 16.8 Å². The molecule has 2 rings (SSSR count). The summed E-state index contributed by atoms with van der Waals surface area (Å²) in [5.41, 5.74) is 2.22. The second kappa shape index (κ2) is 7.71. The molecular formula is C15H22N4OS2. The fourth-order valence-corrected chi connectivity index (χ4v) is 3.80. The van der Waals surface area contributed by atoms with E-state index in [4.69, 9.17) is 0 Å². The van der Waals surface area contributed by atoms with E-state index in [1.54, 1.807) is 22.7 Å². The number of carbonyl (C=O) groups excluding carboxylic acids is 1. The summed E-state index contributed by atoms with van der Waals surface area (Å²) in [4.78, 5) is 19.6. The van der Waals surface area contributed by atoms with Crippen molar-refractivity contribution in [3.63, 3.8) is 0 Å². The minimum atomic E-state index is -0.146. The van der Waals surface area contributed by atoms with Crippen LogP contribution in [0.4, 0.5) is 4.79 Å². The molecule has 0 spiro atoms. The first-order valence-corrected chi connectivity index (χ1v) is 8.86. The zero-order valence-electron chi connectivity index (χ0n) is 13.3. The number of thiophene rings is 1. The number of thiazole rings is 1. The molecular weight excluding hydrogens is 316 g/mol. The highest BCUT2D eigenvalue weighted by Gasteiger charge is 2.15. The van der Waals surface area contributed by atoms with E-state index in [-0.39, 0.29) is 12.1 Å². The Morgan fingerprint density at radius 1 is 1.36 bits per heavy atom. The van der Waals surface area contributed by atoms with Crippen LogP contribution in [-0.2, 0) is 6.54 Å². The molecule has 0 bridgehead atoms. The van der Waals surface area contributed by atoms with Gasteiger partial charge in [0.2, 0.25) is 0 Å². The van der Waals surface area contributed by atoms with Gasteiger partial charge in [-0.3, -0.25) is 0 Å². The van der Waals surface area contributed by atoms with Crippen LogP contribution in [0.3, 0.4) is 0 Å². The first-order valence-electron chi connectivity index (χ1n) is 7.10. The van der Waals surface area contributed by atoms with Gasteiger partial charge in [-0.05, 0) is 50.3 Å². The van der Waals surface area contributed by atoms with Crippen molar-refractivity contribution in [1.82, 2.24) is 20.5 Å². The quantitative estimate of drug-likeness (QED) is 0.851. The maximum Gasteiger partial charge on any atom is 0.315 e. The minimum absolute atomic E-state index is 0.146. The lowest BCUT2D eigenvalue weighted by molar-refractivity contribution is 0.232. The molecule has 5 nitrogen and oxygen atoms in total. The predicted octanol–water partition coefficient (Wildman–Crippen LogP) is 2.92. The lowest BCUT2D eigenvalue weighted by Gasteiger charge is -2.24. The highest BCUT2D eigenvalue weighted by Crippen LogP contribution is 2.20. The summed E-state index contributed by atoms with van der Waals surface area (Å²) in [6.45, 7) is 5.05. The fraction of sp³-hybridized carbons (Fsp3) is 0.467. The Balaban J connectivity index is 1.83. The summed E-state index contributed by atoms with van der Waals surface area (Å²) in [6.07, 6.45) is 0. The number of nitrogens with zero attached hydrogens (tertiary/aromatic N) is 2. The third-order valence-electron chi connectivity index (χ3n) is 3.42. The van der Waals surface area contributed by atoms with Crippen molar-refractivity contribution in [2.45, 2.75) is 26.4 Å². The van der Waals surface area contributed by atoms with E-state index in [9.17, 15) is 4.79 Å². The van der Waals surface area contributed by atoms with E-state index in [1.165, 1.54) is 5.56 Å². The molecule has 0 aliphatic rings. The Labute approximate surface area is 139 Å². The fourth-order valence-electron chi connectivity index (χ4n) is 2.21. The zero-order valence-corrected chi connectivity index (χ0v) is 15.0. The molecule has 0 saturated carbocycles. The van der Waals surface area contributed by atoms with Crippen LogP contribution in [0.1, 0.15) is 27.2 Å². The third-order valence-corrected chi connectivity index (χ3v) is 5.19. The van der Waals surface area contributed by atoms with Gasteiger partial charge in [0.1, 0.15) is 0 Å². The topological polar surface area (TPSA) is 57.3 Å². The molecule has 0 unspecified atom stereocenters. The summed E-state index contributed by atoms with van der Waals surface area (Å²) in [5, 5.41) is 11.0. The molecule has 22 heavy (non-hydrogen) atoms. The third kappa shape index (κ3) is 4.53. The van der Waals surface area contributed by atoms with Gasteiger partial charge in [0.15, 0.2) is 0 Å². The highest BCUT2D eigenvalue weighted by atomic mass is 32.1. The molecule has 0 aromatic carbocycles. The predicted molar refractivity (Wildman–Crippen MR) is 92.6 cm³/mol. The zero-order chi connectivity index (χ0) is 16.1. The molecule has 2 N–H and O–H groups in total. The van der Waals surface area contributed by atoms with Gasteiger partial charge in [0.25, 0.3) is 0 Å². The van der Waals surface area contributed by atoms with Crippen molar-refractivity contribution in [1.29, 1.82) is 0 Å². The van der Waals surface area contributed by atoms with Crippen LogP contribution >= 0.6 is 22.7 Å². The average Bonchev–Trinajstić information content (AvgIpc) is 3.06. The lowest BCUT2D eigenvalue weighted by atomic mass is 10.1. The normalized spacial score (nSPS) is 12.4. The van der Waals surface area contributed by atoms with Crippen LogP contribution in [-0.4, -0.2) is 36.6 Å². The lowest BCUT2D eigenvalue weighted by Crippen LogP contribution is -2.40. The monoisotopic (exact) mass is 338 g/mol. The molecule has 1 atom stereocenters. The second-order valence-corrected chi connectivity index (χ2v) is 7.41. The largest absolute Gasteiger partial charge is 0.336 e. The van der Waals surface area contributed by atoms with Crippen molar-refractivity contribution >= 4 is 28.7 Å². The van der Waals surface area contributed by atoms with Crippen molar-refractivity contribution in [3.05, 3.63) is 38.0 Å². The molecule has 2 amide bonds. The Morgan fingerprint density at radius 3 is 2.68 bits per heavy atom. The van der Waals surface area contributed by atoms with E-state index < -0.39 is 0 Å². The van der Waals surface area contributed by atoms with E-state index in [0.29, 0.717) is 13.1 Å². The standard InChI is InChI=1S/C15H22N4OS2/c1-10-14(22-11(2)18-10)8-17-15(20)16-7-13(19(3)4)12-5-6-21-9-12/h5-6,9,13H,7-8H2,1-4H3,(H2,16,17,20)/t13-/m1/s1. The first kappa shape index (κ1) is 16.9. The molecule has 120 valence electrons. The molecule has 2 heterocycles. The van der Waals surface area contributed by atoms with Crippen molar-refractivity contribution in [2.24, 2.45) is 0 Å². The number of urea groups is 1. The smallest absolute Gasteiger partial charge is 0.315 e. The van der Waals surface area contributed by atoms with Gasteiger partial charge in [-0.1, -0.05) is 0 Å². The number of rotatable bonds is 6. The van der Waals surface area contributed by atoms with Gasteiger partial charge in [-0.15, -0.1) is 11.3 Å². The van der Waals surface area contributed by atoms with Gasteiger partial charge < -0.3 is 15.5 Å². The maximum absolute atomic E-state index is 12.0. The van der Waals surface area contributed by atoms with Crippen molar-refractivity contribution in [3.8, 4) is 0 Å². The van der Waals surface area contributed by atoms with Gasteiger partial charge >= 0.3 is 6.03 Å². The van der Waals surface area contributed by atoms with E-state index >= 15 is 0 Å². The number of aromatic nitrogens is 1. The number of carbonyl (C=O) groups is 1. The molecule has 2 aromatic rings. The Hall–Kier alpha value is -1.44. The molecule has 2 aromatic heterocycles. The average molecular weight is 339 g/mol. The van der Waals surface area contributed by atoms with Crippen LogP contribution in [0.2, 0.25) is 0 Å². The van der Waals surface area contributed by atoms with Gasteiger partial charge in [0.05, 0.1) is 23.3 Å². The van der Waals surface area contributed by atoms with E-state index in [1.807, 2.05) is 27.9 Å². The second-order valence-electron chi connectivity index (χ2n) is 5.34. The molecule has 0 radical (unpaired) electrons. The van der Waals surface area contributed by atoms with Crippen molar-refractivity contribution in [2.75, 3.05) is 20.6 Å². The molecule has 0 aliphatic heterocycles. The Bertz CT molecular complexity index is 607. The highest BCUT2D eigenvalue weighted by molar-refractivity contribution is 7.11. The van der Waals surface area contributed by atoms with Crippen LogP contribution < -0.4 is 10.6 Å². The summed E-state index contributed by atoms with van der Waals surface area (Å²) < 4.78 is 0. The van der Waals surface area contributed by atoms with Crippen LogP contribution in [0, 0.1) is 13.8 Å². The van der Waals surface area contributed by atoms with Gasteiger partial charge in [0, 0.05) is 11.4 Å². The summed E-state index contributed by atoms with van der Waals surface area (Å²) >= 11 is 3.29. The number of hydrogen-bond donors (Lipinski definition) is 2. The van der Waals surface area contributed by atoms with Gasteiger partial charge in [-0.2, -0.15) is 11.3 Å². The molecule has 0 saturated heterocycles. The number of nitrogens with one attached hydrogen (secondary N) is 2. The first-order chi connectivity index (χ1) is 10.5. The maximum atomic E-state index is 12.0. The molecule has 0 fully saturated rings. The van der Waals surface area contributed by atoms with E-state index in [0.717, 1.165) is 15.6 Å². The van der Waals surface area contributed by atoms with Crippen LogP contribution in [0.5, 0.6) is 0 Å². The van der Waals surface area contributed by atoms with E-state index in [2.05, 4.69) is 37.3 Å². The number of amides is 2. The minimum Gasteiger partial charge on any atom is -0.336 e.